The summed E-state index contributed by atoms with van der Waals surface area (Å²) >= 11 is 13.0. The van der Waals surface area contributed by atoms with Crippen LogP contribution in [0.15, 0.2) is 64.2 Å². The van der Waals surface area contributed by atoms with Gasteiger partial charge < -0.3 is 10.1 Å². The van der Waals surface area contributed by atoms with E-state index in [1.54, 1.807) is 60.0 Å². The number of anilines is 1. The summed E-state index contributed by atoms with van der Waals surface area (Å²) in [4.78, 5) is 12.1. The lowest BCUT2D eigenvalue weighted by Crippen LogP contribution is -2.27. The number of amides is 1. The highest BCUT2D eigenvalue weighted by atomic mass is 35.5. The van der Waals surface area contributed by atoms with Gasteiger partial charge in [0.05, 0.1) is 18.1 Å². The summed E-state index contributed by atoms with van der Waals surface area (Å²) in [5.41, 5.74) is 1.22. The summed E-state index contributed by atoms with van der Waals surface area (Å²) in [5.74, 6) is 0.420. The largest absolute Gasteiger partial charge is 0.492 e. The Labute approximate surface area is 195 Å². The van der Waals surface area contributed by atoms with Gasteiger partial charge in [-0.25, -0.2) is 8.42 Å². The third-order valence-electron chi connectivity index (χ3n) is 4.13. The van der Waals surface area contributed by atoms with Crippen molar-refractivity contribution in [3.63, 3.8) is 0 Å². The number of halogens is 2. The quantitative estimate of drug-likeness (QED) is 0.386. The molecular formula is C21H20Cl2N2O4S2. The average Bonchev–Trinajstić information content (AvgIpc) is 3.26. The van der Waals surface area contributed by atoms with Crippen LogP contribution < -0.4 is 14.8 Å². The lowest BCUT2D eigenvalue weighted by atomic mass is 10.1. The molecular weight excluding hydrogens is 479 g/mol. The maximum absolute atomic E-state index is 12.2. The van der Waals surface area contributed by atoms with Crippen molar-refractivity contribution in [3.05, 3.63) is 75.6 Å². The van der Waals surface area contributed by atoms with Gasteiger partial charge in [0.1, 0.15) is 9.96 Å². The Kier molecular flexibility index (Phi) is 8.20. The number of thiophene rings is 1. The van der Waals surface area contributed by atoms with Crippen LogP contribution in [-0.2, 0) is 21.2 Å². The molecule has 1 aromatic heterocycles. The lowest BCUT2D eigenvalue weighted by Gasteiger charge is -2.10. The fraction of sp³-hybridized carbons (Fsp3) is 0.190. The highest BCUT2D eigenvalue weighted by Gasteiger charge is 2.15. The van der Waals surface area contributed by atoms with Crippen LogP contribution in [0, 0.1) is 0 Å². The van der Waals surface area contributed by atoms with Crippen molar-refractivity contribution >= 4 is 56.2 Å². The van der Waals surface area contributed by atoms with Gasteiger partial charge in [-0.3, -0.25) is 9.52 Å². The Bertz CT molecular complexity index is 1120. The lowest BCUT2D eigenvalue weighted by molar-refractivity contribution is -0.120. The minimum absolute atomic E-state index is 0.128. The molecule has 0 bridgehead atoms. The molecule has 1 amide bonds. The molecule has 0 unspecified atom stereocenters. The van der Waals surface area contributed by atoms with Crippen molar-refractivity contribution in [3.8, 4) is 5.75 Å². The van der Waals surface area contributed by atoms with Crippen molar-refractivity contribution in [2.24, 2.45) is 0 Å². The number of hydrogen-bond acceptors (Lipinski definition) is 5. The molecule has 3 aromatic rings. The summed E-state index contributed by atoms with van der Waals surface area (Å²) in [6, 6.07) is 14.9. The number of sulfonamides is 1. The normalized spacial score (nSPS) is 11.2. The minimum Gasteiger partial charge on any atom is -0.492 e. The first-order valence-electron chi connectivity index (χ1n) is 9.33. The predicted octanol–water partition coefficient (Wildman–Crippen LogP) is 4.98. The van der Waals surface area contributed by atoms with Crippen molar-refractivity contribution in [2.45, 2.75) is 17.1 Å². The molecule has 10 heteroatoms. The van der Waals surface area contributed by atoms with Crippen molar-refractivity contribution < 1.29 is 17.9 Å². The fourth-order valence-electron chi connectivity index (χ4n) is 2.63. The Balaban J connectivity index is 1.39. The van der Waals surface area contributed by atoms with Crippen molar-refractivity contribution in [1.29, 1.82) is 0 Å². The zero-order valence-electron chi connectivity index (χ0n) is 16.3. The van der Waals surface area contributed by atoms with Gasteiger partial charge >= 0.3 is 0 Å². The fourth-order valence-corrected chi connectivity index (χ4v) is 5.15. The Hall–Kier alpha value is -2.26. The van der Waals surface area contributed by atoms with E-state index in [2.05, 4.69) is 10.0 Å². The zero-order valence-corrected chi connectivity index (χ0v) is 19.5. The molecule has 0 saturated heterocycles. The van der Waals surface area contributed by atoms with Crippen LogP contribution in [0.5, 0.6) is 5.75 Å². The van der Waals surface area contributed by atoms with Gasteiger partial charge in [0.2, 0.25) is 5.91 Å². The van der Waals surface area contributed by atoms with Gasteiger partial charge in [-0.2, -0.15) is 0 Å². The van der Waals surface area contributed by atoms with E-state index in [-0.39, 0.29) is 16.5 Å². The monoisotopic (exact) mass is 498 g/mol. The minimum atomic E-state index is -3.59. The van der Waals surface area contributed by atoms with E-state index in [0.717, 1.165) is 16.9 Å². The maximum atomic E-state index is 12.2. The molecule has 164 valence electrons. The summed E-state index contributed by atoms with van der Waals surface area (Å²) < 4.78 is 32.8. The van der Waals surface area contributed by atoms with E-state index < -0.39 is 10.0 Å². The summed E-state index contributed by atoms with van der Waals surface area (Å²) in [5, 5.41) is 5.51. The van der Waals surface area contributed by atoms with Gasteiger partial charge in [0, 0.05) is 17.3 Å². The van der Waals surface area contributed by atoms with Crippen LogP contribution in [0.3, 0.4) is 0 Å². The van der Waals surface area contributed by atoms with E-state index in [4.69, 9.17) is 27.9 Å². The number of benzene rings is 2. The standard InChI is InChI=1S/C21H20Cl2N2O4S2/c22-16-6-9-19(18(23)14-16)29-11-2-10-24-20(26)13-15-4-7-17(8-5-15)25-31(27,28)21-3-1-12-30-21/h1,3-9,12,14,25H,2,10-11,13H2,(H,24,26). The molecule has 1 heterocycles. The maximum Gasteiger partial charge on any atom is 0.271 e. The highest BCUT2D eigenvalue weighted by molar-refractivity contribution is 7.94. The van der Waals surface area contributed by atoms with Gasteiger partial charge in [-0.15, -0.1) is 11.3 Å². The molecule has 0 radical (unpaired) electrons. The van der Waals surface area contributed by atoms with Gasteiger partial charge in [-0.1, -0.05) is 41.4 Å². The molecule has 31 heavy (non-hydrogen) atoms. The molecule has 0 saturated carbocycles. The third-order valence-corrected chi connectivity index (χ3v) is 7.43. The number of carbonyl (C=O) groups excluding carboxylic acids is 1. The molecule has 0 aliphatic rings. The van der Waals surface area contributed by atoms with E-state index in [0.29, 0.717) is 41.1 Å². The van der Waals surface area contributed by atoms with Crippen LogP contribution >= 0.6 is 34.5 Å². The SMILES string of the molecule is O=C(Cc1ccc(NS(=O)(=O)c2cccs2)cc1)NCCCOc1ccc(Cl)cc1Cl. The van der Waals surface area contributed by atoms with Crippen LogP contribution in [-0.4, -0.2) is 27.5 Å². The smallest absolute Gasteiger partial charge is 0.271 e. The topological polar surface area (TPSA) is 84.5 Å². The summed E-state index contributed by atoms with van der Waals surface area (Å²) in [7, 11) is -3.59. The Morgan fingerprint density at radius 1 is 1.06 bits per heavy atom. The van der Waals surface area contributed by atoms with Crippen molar-refractivity contribution in [1.82, 2.24) is 5.32 Å². The molecule has 0 atom stereocenters. The van der Waals surface area contributed by atoms with Crippen LogP contribution in [0.4, 0.5) is 5.69 Å². The number of nitrogens with one attached hydrogen (secondary N) is 2. The van der Waals surface area contributed by atoms with E-state index in [1.807, 2.05) is 0 Å². The van der Waals surface area contributed by atoms with Gasteiger partial charge in [0.25, 0.3) is 10.0 Å². The summed E-state index contributed by atoms with van der Waals surface area (Å²) in [6.07, 6.45) is 0.815. The van der Waals surface area contributed by atoms with Crippen LogP contribution in [0.2, 0.25) is 10.0 Å². The molecule has 2 aromatic carbocycles. The van der Waals surface area contributed by atoms with Crippen LogP contribution in [0.25, 0.3) is 0 Å². The first-order valence-corrected chi connectivity index (χ1v) is 12.5. The molecule has 3 rings (SSSR count). The van der Waals surface area contributed by atoms with Gasteiger partial charge in [-0.05, 0) is 53.8 Å². The third kappa shape index (κ3) is 7.14. The zero-order chi connectivity index (χ0) is 22.3. The number of carbonyl (C=O) groups is 1. The van der Waals surface area contributed by atoms with Crippen LogP contribution in [0.1, 0.15) is 12.0 Å². The van der Waals surface area contributed by atoms with Crippen molar-refractivity contribution in [2.75, 3.05) is 17.9 Å². The molecule has 0 fully saturated rings. The molecule has 0 aliphatic carbocycles. The summed E-state index contributed by atoms with van der Waals surface area (Å²) in [6.45, 7) is 0.865. The average molecular weight is 499 g/mol. The first kappa shape index (κ1) is 23.4. The predicted molar refractivity (Wildman–Crippen MR) is 125 cm³/mol. The molecule has 2 N–H and O–H groups in total. The number of ether oxygens (including phenoxy) is 1. The highest BCUT2D eigenvalue weighted by Crippen LogP contribution is 2.27. The van der Waals surface area contributed by atoms with Gasteiger partial charge in [0.15, 0.2) is 0 Å². The second kappa shape index (κ2) is 10.9. The number of hydrogen-bond donors (Lipinski definition) is 2. The number of rotatable bonds is 10. The van der Waals surface area contributed by atoms with E-state index in [9.17, 15) is 13.2 Å². The Morgan fingerprint density at radius 3 is 2.52 bits per heavy atom. The first-order chi connectivity index (χ1) is 14.8. The van der Waals surface area contributed by atoms with E-state index >= 15 is 0 Å². The molecule has 0 aliphatic heterocycles. The van der Waals surface area contributed by atoms with E-state index in [1.165, 1.54) is 0 Å². The Morgan fingerprint density at radius 2 is 1.84 bits per heavy atom. The molecule has 6 nitrogen and oxygen atoms in total. The second-order valence-corrected chi connectivity index (χ2v) is 10.2. The molecule has 0 spiro atoms. The second-order valence-electron chi connectivity index (χ2n) is 6.54.